The van der Waals surface area contributed by atoms with Crippen molar-refractivity contribution in [3.8, 4) is 6.07 Å². The number of rotatable bonds is 5. The Kier molecular flexibility index (Phi) is 7.32. The van der Waals surface area contributed by atoms with Crippen LogP contribution in [-0.2, 0) is 21.4 Å². The zero-order valence-corrected chi connectivity index (χ0v) is 23.0. The molecule has 6 nitrogen and oxygen atoms in total. The van der Waals surface area contributed by atoms with Crippen LogP contribution in [0.3, 0.4) is 0 Å². The van der Waals surface area contributed by atoms with Gasteiger partial charge in [0.15, 0.2) is 6.61 Å². The van der Waals surface area contributed by atoms with Crippen molar-refractivity contribution in [1.29, 1.82) is 5.26 Å². The molecule has 0 aliphatic heterocycles. The fourth-order valence-electron chi connectivity index (χ4n) is 4.85. The van der Waals surface area contributed by atoms with Crippen molar-refractivity contribution < 1.29 is 14.3 Å². The van der Waals surface area contributed by atoms with Crippen molar-refractivity contribution in [3.63, 3.8) is 0 Å². The van der Waals surface area contributed by atoms with Crippen LogP contribution >= 0.6 is 11.3 Å². The third-order valence-electron chi connectivity index (χ3n) is 6.87. The molecule has 4 aromatic rings. The maximum Gasteiger partial charge on any atom is 0.339 e. The first-order valence-corrected chi connectivity index (χ1v) is 13.8. The summed E-state index contributed by atoms with van der Waals surface area (Å²) in [5, 5.41) is 14.7. The second-order valence-electron chi connectivity index (χ2n) is 10.6. The second-order valence-corrected chi connectivity index (χ2v) is 11.5. The zero-order chi connectivity index (χ0) is 27.6. The largest absolute Gasteiger partial charge is 0.452 e. The monoisotopic (exact) mass is 535 g/mol. The third kappa shape index (κ3) is 5.62. The number of pyridine rings is 1. The van der Waals surface area contributed by atoms with E-state index >= 15 is 0 Å². The molecule has 1 amide bonds. The van der Waals surface area contributed by atoms with E-state index in [0.29, 0.717) is 33.5 Å². The van der Waals surface area contributed by atoms with Crippen LogP contribution in [-0.4, -0.2) is 23.5 Å². The van der Waals surface area contributed by atoms with Gasteiger partial charge in [0.25, 0.3) is 5.91 Å². The maximum atomic E-state index is 13.5. The van der Waals surface area contributed by atoms with Crippen LogP contribution < -0.4 is 5.32 Å². The standard InChI is InChI=1S/C32H29N3O3S/c1-32(2,3)23-13-11-20(12-14-23)17-21-7-6-9-25-28(24-8-4-5-10-26(24)34-29(21)25)31(37)38-19-27(36)35-30-22(18-33)15-16-39-30/h4-5,8,10-17H,6-7,9,19H2,1-3H3,(H,35,36)/b21-17+. The summed E-state index contributed by atoms with van der Waals surface area (Å²) >= 11 is 1.25. The molecule has 0 bridgehead atoms. The number of ether oxygens (including phenoxy) is 1. The number of hydrogen-bond donors (Lipinski definition) is 1. The normalized spacial score (nSPS) is 14.1. The van der Waals surface area contributed by atoms with Gasteiger partial charge in [-0.15, -0.1) is 11.3 Å². The lowest BCUT2D eigenvalue weighted by Gasteiger charge is -2.23. The number of para-hydroxylation sites is 1. The number of thiophene rings is 1. The number of anilines is 1. The van der Waals surface area contributed by atoms with Gasteiger partial charge in [-0.3, -0.25) is 4.79 Å². The van der Waals surface area contributed by atoms with Crippen LogP contribution in [0.25, 0.3) is 22.6 Å². The predicted molar refractivity (Wildman–Crippen MR) is 156 cm³/mol. The summed E-state index contributed by atoms with van der Waals surface area (Å²) in [6.07, 6.45) is 4.60. The van der Waals surface area contributed by atoms with E-state index in [0.717, 1.165) is 35.2 Å². The van der Waals surface area contributed by atoms with Gasteiger partial charge in [-0.05, 0) is 70.5 Å². The highest BCUT2D eigenvalue weighted by Crippen LogP contribution is 2.36. The first-order chi connectivity index (χ1) is 18.7. The van der Waals surface area contributed by atoms with Gasteiger partial charge < -0.3 is 10.1 Å². The molecule has 0 spiro atoms. The van der Waals surface area contributed by atoms with E-state index in [1.54, 1.807) is 11.4 Å². The SMILES string of the molecule is CC(C)(C)c1ccc(/C=C2\CCCc3c2nc2ccccc2c3C(=O)OCC(=O)Nc2sccc2C#N)cc1. The highest BCUT2D eigenvalue weighted by Gasteiger charge is 2.26. The van der Waals surface area contributed by atoms with Crippen molar-refractivity contribution in [2.75, 3.05) is 11.9 Å². The van der Waals surface area contributed by atoms with E-state index in [4.69, 9.17) is 15.0 Å². The summed E-state index contributed by atoms with van der Waals surface area (Å²) in [5.74, 6) is -1.05. The van der Waals surface area contributed by atoms with E-state index in [-0.39, 0.29) is 5.41 Å². The average Bonchev–Trinajstić information content (AvgIpc) is 3.37. The molecule has 1 N–H and O–H groups in total. The Bertz CT molecular complexity index is 1640. The molecular weight excluding hydrogens is 506 g/mol. The maximum absolute atomic E-state index is 13.5. The second kappa shape index (κ2) is 10.8. The van der Waals surface area contributed by atoms with Crippen molar-refractivity contribution in [2.24, 2.45) is 0 Å². The smallest absolute Gasteiger partial charge is 0.339 e. The molecule has 0 atom stereocenters. The van der Waals surface area contributed by atoms with Crippen LogP contribution in [0, 0.1) is 11.3 Å². The lowest BCUT2D eigenvalue weighted by atomic mass is 9.85. The molecule has 1 aliphatic rings. The fraction of sp³-hybridized carbons (Fsp3) is 0.250. The van der Waals surface area contributed by atoms with Gasteiger partial charge in [0.2, 0.25) is 0 Å². The van der Waals surface area contributed by atoms with Crippen molar-refractivity contribution in [1.82, 2.24) is 4.98 Å². The molecule has 0 radical (unpaired) electrons. The number of nitrogens with zero attached hydrogens (tertiary/aromatic N) is 2. The Labute approximate surface area is 232 Å². The third-order valence-corrected chi connectivity index (χ3v) is 7.69. The minimum Gasteiger partial charge on any atom is -0.452 e. The van der Waals surface area contributed by atoms with E-state index < -0.39 is 18.5 Å². The van der Waals surface area contributed by atoms with Crippen LogP contribution in [0.1, 0.15) is 71.9 Å². The summed E-state index contributed by atoms with van der Waals surface area (Å²) in [6.45, 7) is 6.14. The highest BCUT2D eigenvalue weighted by molar-refractivity contribution is 7.14. The number of aromatic nitrogens is 1. The van der Waals surface area contributed by atoms with Gasteiger partial charge in [-0.25, -0.2) is 9.78 Å². The molecule has 0 unspecified atom stereocenters. The van der Waals surface area contributed by atoms with Crippen LogP contribution in [0.4, 0.5) is 5.00 Å². The Balaban J connectivity index is 1.46. The number of allylic oxidation sites excluding steroid dienone is 1. The number of hydrogen-bond acceptors (Lipinski definition) is 6. The summed E-state index contributed by atoms with van der Waals surface area (Å²) < 4.78 is 5.51. The number of nitrogens with one attached hydrogen (secondary N) is 1. The number of benzene rings is 2. The minimum absolute atomic E-state index is 0.0809. The average molecular weight is 536 g/mol. The number of carbonyl (C=O) groups is 2. The van der Waals surface area contributed by atoms with Crippen LogP contribution in [0.2, 0.25) is 0 Å². The number of esters is 1. The summed E-state index contributed by atoms with van der Waals surface area (Å²) in [5.41, 5.74) is 6.74. The quantitative estimate of drug-likeness (QED) is 0.274. The Morgan fingerprint density at radius 3 is 2.62 bits per heavy atom. The Morgan fingerprint density at radius 1 is 1.10 bits per heavy atom. The lowest BCUT2D eigenvalue weighted by molar-refractivity contribution is -0.119. The van der Waals surface area contributed by atoms with Crippen molar-refractivity contribution >= 4 is 50.8 Å². The molecule has 5 rings (SSSR count). The molecule has 0 fully saturated rings. The van der Waals surface area contributed by atoms with Gasteiger partial charge in [-0.2, -0.15) is 5.26 Å². The minimum atomic E-state index is -0.553. The van der Waals surface area contributed by atoms with Crippen LogP contribution in [0.15, 0.2) is 60.0 Å². The van der Waals surface area contributed by atoms with Gasteiger partial charge in [-0.1, -0.05) is 63.2 Å². The molecule has 1 aliphatic carbocycles. The number of amides is 1. The predicted octanol–water partition coefficient (Wildman–Crippen LogP) is 7.14. The van der Waals surface area contributed by atoms with Gasteiger partial charge in [0, 0.05) is 5.39 Å². The Hall–Kier alpha value is -4.28. The van der Waals surface area contributed by atoms with E-state index in [1.165, 1.54) is 16.9 Å². The first-order valence-electron chi connectivity index (χ1n) is 12.9. The molecule has 196 valence electrons. The molecule has 39 heavy (non-hydrogen) atoms. The molecule has 2 heterocycles. The molecule has 0 saturated heterocycles. The van der Waals surface area contributed by atoms with E-state index in [9.17, 15) is 9.59 Å². The summed E-state index contributed by atoms with van der Waals surface area (Å²) in [4.78, 5) is 30.9. The van der Waals surface area contributed by atoms with Crippen molar-refractivity contribution in [2.45, 2.75) is 45.4 Å². The number of nitriles is 1. The first kappa shape index (κ1) is 26.3. The van der Waals surface area contributed by atoms with Gasteiger partial charge in [0.05, 0.1) is 22.3 Å². The van der Waals surface area contributed by atoms with E-state index in [1.807, 2.05) is 30.3 Å². The summed E-state index contributed by atoms with van der Waals surface area (Å²) in [6, 6.07) is 19.8. The summed E-state index contributed by atoms with van der Waals surface area (Å²) in [7, 11) is 0. The number of fused-ring (bicyclic) bond motifs is 2. The molecule has 2 aromatic carbocycles. The zero-order valence-electron chi connectivity index (χ0n) is 22.2. The topological polar surface area (TPSA) is 92.1 Å². The lowest BCUT2D eigenvalue weighted by Crippen LogP contribution is -2.22. The molecule has 2 aromatic heterocycles. The van der Waals surface area contributed by atoms with Gasteiger partial charge >= 0.3 is 5.97 Å². The highest BCUT2D eigenvalue weighted by atomic mass is 32.1. The molecule has 7 heteroatoms. The molecule has 0 saturated carbocycles. The van der Waals surface area contributed by atoms with Crippen LogP contribution in [0.5, 0.6) is 0 Å². The van der Waals surface area contributed by atoms with E-state index in [2.05, 4.69) is 56.4 Å². The number of carbonyl (C=O) groups excluding carboxylic acids is 2. The van der Waals surface area contributed by atoms with Crippen molar-refractivity contribution in [3.05, 3.63) is 93.5 Å². The fourth-order valence-corrected chi connectivity index (χ4v) is 5.60. The van der Waals surface area contributed by atoms with Gasteiger partial charge in [0.1, 0.15) is 11.1 Å². The Morgan fingerprint density at radius 2 is 1.87 bits per heavy atom. The molecular formula is C32H29N3O3S.